The van der Waals surface area contributed by atoms with Crippen molar-refractivity contribution < 1.29 is 9.47 Å². The molecule has 1 rings (SSSR count). The molecule has 0 radical (unpaired) electrons. The van der Waals surface area contributed by atoms with Crippen molar-refractivity contribution in [3.8, 4) is 5.75 Å². The molecule has 90 valence electrons. The molecule has 0 aliphatic rings. The molecule has 0 spiro atoms. The van der Waals surface area contributed by atoms with Crippen molar-refractivity contribution in [3.63, 3.8) is 0 Å². The van der Waals surface area contributed by atoms with Gasteiger partial charge in [-0.2, -0.15) is 0 Å². The first-order valence-electron chi connectivity index (χ1n) is 5.67. The molecule has 3 nitrogen and oxygen atoms in total. The van der Waals surface area contributed by atoms with Gasteiger partial charge in [-0.1, -0.05) is 12.1 Å². The van der Waals surface area contributed by atoms with Gasteiger partial charge in [-0.3, -0.25) is 0 Å². The molecule has 0 saturated carbocycles. The molecule has 1 N–H and O–H groups in total. The number of ether oxygens (including phenoxy) is 2. The molecule has 3 heteroatoms. The lowest BCUT2D eigenvalue weighted by Gasteiger charge is -2.09. The molecule has 1 aromatic carbocycles. The first-order chi connectivity index (χ1) is 7.72. The molecule has 1 aromatic rings. The summed E-state index contributed by atoms with van der Waals surface area (Å²) in [7, 11) is 1.68. The molecular weight excluding hydrogens is 202 g/mol. The van der Waals surface area contributed by atoms with Crippen LogP contribution in [0.3, 0.4) is 0 Å². The smallest absolute Gasteiger partial charge is 0.119 e. The average Bonchev–Trinajstić information content (AvgIpc) is 2.28. The summed E-state index contributed by atoms with van der Waals surface area (Å²) in [4.78, 5) is 0. The number of hydrogen-bond donors (Lipinski definition) is 1. The summed E-state index contributed by atoms with van der Waals surface area (Å²) < 4.78 is 10.6. The zero-order valence-corrected chi connectivity index (χ0v) is 10.3. The Hall–Kier alpha value is -1.06. The van der Waals surface area contributed by atoms with E-state index in [4.69, 9.17) is 9.47 Å². The predicted octanol–water partition coefficient (Wildman–Crippen LogP) is 2.21. The van der Waals surface area contributed by atoms with E-state index in [2.05, 4.69) is 11.4 Å². The van der Waals surface area contributed by atoms with Gasteiger partial charge in [0.15, 0.2) is 0 Å². The third-order valence-corrected chi connectivity index (χ3v) is 2.19. The van der Waals surface area contributed by atoms with E-state index in [9.17, 15) is 0 Å². The molecule has 0 saturated heterocycles. The highest BCUT2D eigenvalue weighted by atomic mass is 16.5. The summed E-state index contributed by atoms with van der Waals surface area (Å²) in [5.74, 6) is 0.901. The minimum atomic E-state index is 0.304. The number of rotatable bonds is 7. The maximum Gasteiger partial charge on any atom is 0.119 e. The minimum absolute atomic E-state index is 0.304. The first kappa shape index (κ1) is 13.0. The van der Waals surface area contributed by atoms with Crippen molar-refractivity contribution in [2.24, 2.45) is 0 Å². The summed E-state index contributed by atoms with van der Waals surface area (Å²) in [5, 5.41) is 3.33. The maximum absolute atomic E-state index is 5.44. The highest BCUT2D eigenvalue weighted by Crippen LogP contribution is 2.11. The second kappa shape index (κ2) is 7.25. The molecule has 0 unspecified atom stereocenters. The summed E-state index contributed by atoms with van der Waals surface area (Å²) >= 11 is 0. The van der Waals surface area contributed by atoms with Gasteiger partial charge in [-0.05, 0) is 31.5 Å². The standard InChI is InChI=1S/C13H21NO2/c1-11(2)16-8-7-14-10-12-5-4-6-13(9-12)15-3/h4-6,9,11,14H,7-8,10H2,1-3H3. The van der Waals surface area contributed by atoms with Crippen molar-refractivity contribution in [2.75, 3.05) is 20.3 Å². The van der Waals surface area contributed by atoms with E-state index >= 15 is 0 Å². The van der Waals surface area contributed by atoms with Gasteiger partial charge in [0.2, 0.25) is 0 Å². The van der Waals surface area contributed by atoms with Gasteiger partial charge in [-0.25, -0.2) is 0 Å². The fourth-order valence-electron chi connectivity index (χ4n) is 1.38. The molecule has 0 amide bonds. The maximum atomic E-state index is 5.44. The lowest BCUT2D eigenvalue weighted by Crippen LogP contribution is -2.20. The molecule has 0 heterocycles. The van der Waals surface area contributed by atoms with Crippen molar-refractivity contribution in [2.45, 2.75) is 26.5 Å². The number of hydrogen-bond acceptors (Lipinski definition) is 3. The topological polar surface area (TPSA) is 30.5 Å². The predicted molar refractivity (Wildman–Crippen MR) is 65.8 cm³/mol. The lowest BCUT2D eigenvalue weighted by atomic mass is 10.2. The van der Waals surface area contributed by atoms with Crippen LogP contribution in [-0.2, 0) is 11.3 Å². The summed E-state index contributed by atoms with van der Waals surface area (Å²) in [6.45, 7) is 6.56. The van der Waals surface area contributed by atoms with Crippen molar-refractivity contribution in [1.82, 2.24) is 5.32 Å². The Morgan fingerprint density at radius 3 is 2.81 bits per heavy atom. The summed E-state index contributed by atoms with van der Waals surface area (Å²) in [5.41, 5.74) is 1.23. The number of nitrogens with one attached hydrogen (secondary N) is 1. The van der Waals surface area contributed by atoms with E-state index in [-0.39, 0.29) is 0 Å². The molecule has 0 aliphatic carbocycles. The normalized spacial score (nSPS) is 10.8. The Bertz CT molecular complexity index is 300. The van der Waals surface area contributed by atoms with Crippen molar-refractivity contribution in [3.05, 3.63) is 29.8 Å². The van der Waals surface area contributed by atoms with Crippen LogP contribution >= 0.6 is 0 Å². The van der Waals surface area contributed by atoms with Gasteiger partial charge in [0.1, 0.15) is 5.75 Å². The molecule has 0 aromatic heterocycles. The van der Waals surface area contributed by atoms with E-state index in [1.54, 1.807) is 7.11 Å². The largest absolute Gasteiger partial charge is 0.497 e. The van der Waals surface area contributed by atoms with Crippen LogP contribution < -0.4 is 10.1 Å². The van der Waals surface area contributed by atoms with E-state index in [0.29, 0.717) is 6.10 Å². The Morgan fingerprint density at radius 1 is 1.31 bits per heavy atom. The van der Waals surface area contributed by atoms with Crippen molar-refractivity contribution in [1.29, 1.82) is 0 Å². The Labute approximate surface area is 97.8 Å². The van der Waals surface area contributed by atoms with Gasteiger partial charge in [0.25, 0.3) is 0 Å². The molecule has 0 fully saturated rings. The van der Waals surface area contributed by atoms with Gasteiger partial charge in [-0.15, -0.1) is 0 Å². The molecule has 0 bridgehead atoms. The zero-order valence-electron chi connectivity index (χ0n) is 10.3. The van der Waals surface area contributed by atoms with E-state index in [1.807, 2.05) is 32.0 Å². The molecule has 16 heavy (non-hydrogen) atoms. The zero-order chi connectivity index (χ0) is 11.8. The Kier molecular flexibility index (Phi) is 5.90. The third kappa shape index (κ3) is 5.14. The molecular formula is C13H21NO2. The first-order valence-corrected chi connectivity index (χ1v) is 5.67. The van der Waals surface area contributed by atoms with Crippen LogP contribution in [0.4, 0.5) is 0 Å². The van der Waals surface area contributed by atoms with Crippen LogP contribution in [-0.4, -0.2) is 26.4 Å². The highest BCUT2D eigenvalue weighted by Gasteiger charge is 1.96. The fraction of sp³-hybridized carbons (Fsp3) is 0.538. The Balaban J connectivity index is 2.21. The number of methoxy groups -OCH3 is 1. The third-order valence-electron chi connectivity index (χ3n) is 2.19. The van der Waals surface area contributed by atoms with E-state index < -0.39 is 0 Å². The highest BCUT2D eigenvalue weighted by molar-refractivity contribution is 5.28. The van der Waals surface area contributed by atoms with E-state index in [1.165, 1.54) is 5.56 Å². The van der Waals surface area contributed by atoms with Gasteiger partial charge < -0.3 is 14.8 Å². The summed E-state index contributed by atoms with van der Waals surface area (Å²) in [6.07, 6.45) is 0.304. The van der Waals surface area contributed by atoms with Crippen LogP contribution in [0.15, 0.2) is 24.3 Å². The van der Waals surface area contributed by atoms with Gasteiger partial charge >= 0.3 is 0 Å². The quantitative estimate of drug-likeness (QED) is 0.719. The second-order valence-electron chi connectivity index (χ2n) is 3.95. The van der Waals surface area contributed by atoms with Crippen molar-refractivity contribution >= 4 is 0 Å². The lowest BCUT2D eigenvalue weighted by molar-refractivity contribution is 0.0807. The van der Waals surface area contributed by atoms with Gasteiger partial charge in [0.05, 0.1) is 19.8 Å². The van der Waals surface area contributed by atoms with E-state index in [0.717, 1.165) is 25.4 Å². The Morgan fingerprint density at radius 2 is 2.12 bits per heavy atom. The molecule has 0 aliphatic heterocycles. The fourth-order valence-corrected chi connectivity index (χ4v) is 1.38. The van der Waals surface area contributed by atoms with Crippen LogP contribution in [0.5, 0.6) is 5.75 Å². The van der Waals surface area contributed by atoms with Crippen LogP contribution in [0.2, 0.25) is 0 Å². The minimum Gasteiger partial charge on any atom is -0.497 e. The van der Waals surface area contributed by atoms with Crippen LogP contribution in [0, 0.1) is 0 Å². The summed E-state index contributed by atoms with van der Waals surface area (Å²) in [6, 6.07) is 8.07. The van der Waals surface area contributed by atoms with Crippen LogP contribution in [0.25, 0.3) is 0 Å². The van der Waals surface area contributed by atoms with Gasteiger partial charge in [0, 0.05) is 13.1 Å². The monoisotopic (exact) mass is 223 g/mol. The average molecular weight is 223 g/mol. The van der Waals surface area contributed by atoms with Crippen LogP contribution in [0.1, 0.15) is 19.4 Å². The molecule has 0 atom stereocenters. The number of benzene rings is 1. The second-order valence-corrected chi connectivity index (χ2v) is 3.95. The SMILES string of the molecule is COc1cccc(CNCCOC(C)C)c1.